The normalized spacial score (nSPS) is 11.6. The molecule has 0 atom stereocenters. The van der Waals surface area contributed by atoms with Crippen LogP contribution in [0.15, 0.2) is 130 Å². The Kier molecular flexibility index (Phi) is 25.7. The molecule has 0 spiro atoms. The van der Waals surface area contributed by atoms with Gasteiger partial charge in [0.15, 0.2) is 0 Å². The van der Waals surface area contributed by atoms with Crippen LogP contribution in [0.2, 0.25) is 0 Å². The summed E-state index contributed by atoms with van der Waals surface area (Å²) in [5.74, 6) is 2.63. The first-order chi connectivity index (χ1) is 27.8. The molecule has 8 heteroatoms. The number of benzene rings is 4. The number of azo groups is 2. The summed E-state index contributed by atoms with van der Waals surface area (Å²) in [5, 5.41) is 17.2. The Balaban J connectivity index is 0.798. The monoisotopic (exact) mass is 794 g/mol. The summed E-state index contributed by atoms with van der Waals surface area (Å²) < 4.78 is 11.8. The predicted octanol–water partition coefficient (Wildman–Crippen LogP) is 16.7. The topological polar surface area (TPSA) is 67.9 Å². The van der Waals surface area contributed by atoms with E-state index in [4.69, 9.17) is 9.47 Å². The van der Waals surface area contributed by atoms with Gasteiger partial charge in [0.2, 0.25) is 0 Å². The molecule has 56 heavy (non-hydrogen) atoms. The molecule has 6 nitrogen and oxygen atoms in total. The maximum absolute atomic E-state index is 5.90. The Bertz CT molecular complexity index is 1440. The Hall–Kier alpha value is -3.30. The first kappa shape index (κ1) is 45.4. The van der Waals surface area contributed by atoms with Crippen molar-refractivity contribution in [1.29, 1.82) is 0 Å². The lowest BCUT2D eigenvalue weighted by Crippen LogP contribution is -1.95. The van der Waals surface area contributed by atoms with Crippen molar-refractivity contribution in [3.8, 4) is 0 Å². The molecule has 0 bridgehead atoms. The minimum atomic E-state index is 0.664. The van der Waals surface area contributed by atoms with Crippen molar-refractivity contribution < 1.29 is 9.47 Å². The SMILES string of the molecule is c1ccc(N=Nc2ccc(COCCCCCCCCCCCSSCCCCCCCCCCCOCc3ccc(N=Nc4ccccc4)cc3)cc2)cc1. The molecule has 0 aliphatic carbocycles. The van der Waals surface area contributed by atoms with Gasteiger partial charge in [0.1, 0.15) is 0 Å². The standard InChI is InChI=1S/C48H66N4O2S2/c1(3-7-11-21-37-53-41-43-29-33-47(34-30-43)51-49-45-25-17-15-18-26-45)5-9-13-23-39-55-56-40-24-14-10-6-2-4-8-12-22-38-54-42-44-31-35-48(36-32-44)52-50-46-27-19-16-20-28-46/h15-20,25-36H,1-14,21-24,37-42H2. The summed E-state index contributed by atoms with van der Waals surface area (Å²) >= 11 is 0. The van der Waals surface area contributed by atoms with E-state index in [9.17, 15) is 0 Å². The predicted molar refractivity (Wildman–Crippen MR) is 241 cm³/mol. The highest BCUT2D eigenvalue weighted by atomic mass is 33.1. The third kappa shape index (κ3) is 23.1. The Morgan fingerprint density at radius 1 is 0.304 bits per heavy atom. The van der Waals surface area contributed by atoms with Crippen molar-refractivity contribution in [3.05, 3.63) is 120 Å². The minimum Gasteiger partial charge on any atom is -0.377 e. The van der Waals surface area contributed by atoms with Gasteiger partial charge in [-0.25, -0.2) is 0 Å². The molecule has 0 N–H and O–H groups in total. The lowest BCUT2D eigenvalue weighted by atomic mass is 10.1. The first-order valence-electron chi connectivity index (χ1n) is 21.4. The Morgan fingerprint density at radius 3 is 0.929 bits per heavy atom. The maximum atomic E-state index is 5.90. The van der Waals surface area contributed by atoms with E-state index in [-0.39, 0.29) is 0 Å². The Morgan fingerprint density at radius 2 is 0.589 bits per heavy atom. The first-order valence-corrected chi connectivity index (χ1v) is 23.9. The molecule has 4 aromatic rings. The molecule has 4 rings (SSSR count). The largest absolute Gasteiger partial charge is 0.377 e. The van der Waals surface area contributed by atoms with Gasteiger partial charge in [0.05, 0.1) is 36.0 Å². The van der Waals surface area contributed by atoms with E-state index < -0.39 is 0 Å². The molecule has 0 radical (unpaired) electrons. The van der Waals surface area contributed by atoms with Crippen LogP contribution < -0.4 is 0 Å². The molecular formula is C48H66N4O2S2. The molecule has 302 valence electrons. The summed E-state index contributed by atoms with van der Waals surface area (Å²) in [5.41, 5.74) is 5.82. The van der Waals surface area contributed by atoms with Gasteiger partial charge in [-0.2, -0.15) is 20.5 Å². The van der Waals surface area contributed by atoms with Gasteiger partial charge >= 0.3 is 0 Å². The fourth-order valence-electron chi connectivity index (χ4n) is 6.24. The molecule has 0 saturated carbocycles. The number of nitrogens with zero attached hydrogens (tertiary/aromatic N) is 4. The van der Waals surface area contributed by atoms with Crippen LogP contribution in [0, 0.1) is 0 Å². The highest BCUT2D eigenvalue weighted by Crippen LogP contribution is 2.25. The number of ether oxygens (including phenoxy) is 2. The molecule has 0 heterocycles. The van der Waals surface area contributed by atoms with Crippen LogP contribution in [0.5, 0.6) is 0 Å². The quantitative estimate of drug-likeness (QED) is 0.0274. The summed E-state index contributed by atoms with van der Waals surface area (Å²) in [4.78, 5) is 0. The van der Waals surface area contributed by atoms with Gasteiger partial charge in [-0.3, -0.25) is 0 Å². The fourth-order valence-corrected chi connectivity index (χ4v) is 8.53. The zero-order valence-corrected chi connectivity index (χ0v) is 35.4. The third-order valence-electron chi connectivity index (χ3n) is 9.60. The number of hydrogen-bond donors (Lipinski definition) is 0. The molecule has 4 aromatic carbocycles. The van der Waals surface area contributed by atoms with Crippen molar-refractivity contribution in [1.82, 2.24) is 0 Å². The van der Waals surface area contributed by atoms with Gasteiger partial charge in [-0.1, -0.05) is 172 Å². The second-order valence-electron chi connectivity index (χ2n) is 14.5. The summed E-state index contributed by atoms with van der Waals surface area (Å²) in [7, 11) is 4.19. The van der Waals surface area contributed by atoms with Crippen LogP contribution in [0.1, 0.15) is 127 Å². The van der Waals surface area contributed by atoms with Gasteiger partial charge in [0, 0.05) is 24.7 Å². The van der Waals surface area contributed by atoms with Crippen LogP contribution in [-0.4, -0.2) is 24.7 Å². The number of hydrogen-bond acceptors (Lipinski definition) is 8. The van der Waals surface area contributed by atoms with Crippen molar-refractivity contribution in [2.24, 2.45) is 20.5 Å². The molecule has 0 saturated heterocycles. The lowest BCUT2D eigenvalue weighted by Gasteiger charge is -2.06. The van der Waals surface area contributed by atoms with E-state index in [2.05, 4.69) is 66.3 Å². The van der Waals surface area contributed by atoms with E-state index in [0.29, 0.717) is 13.2 Å². The molecule has 0 amide bonds. The van der Waals surface area contributed by atoms with E-state index in [0.717, 1.165) is 48.8 Å². The molecule has 0 unspecified atom stereocenters. The highest BCUT2D eigenvalue weighted by Gasteiger charge is 2.00. The van der Waals surface area contributed by atoms with Crippen LogP contribution in [0.3, 0.4) is 0 Å². The van der Waals surface area contributed by atoms with E-state index in [1.54, 1.807) is 0 Å². The average molecular weight is 795 g/mol. The smallest absolute Gasteiger partial charge is 0.0857 e. The number of rotatable bonds is 33. The molecule has 0 aliphatic rings. The van der Waals surface area contributed by atoms with Crippen molar-refractivity contribution in [3.63, 3.8) is 0 Å². The van der Waals surface area contributed by atoms with Crippen molar-refractivity contribution >= 4 is 44.3 Å². The van der Waals surface area contributed by atoms with E-state index >= 15 is 0 Å². The zero-order chi connectivity index (χ0) is 38.8. The van der Waals surface area contributed by atoms with Crippen LogP contribution >= 0.6 is 21.6 Å². The second kappa shape index (κ2) is 31.7. The maximum Gasteiger partial charge on any atom is 0.0857 e. The van der Waals surface area contributed by atoms with Crippen LogP contribution in [0.4, 0.5) is 22.7 Å². The third-order valence-corrected chi connectivity index (χ3v) is 12.2. The highest BCUT2D eigenvalue weighted by molar-refractivity contribution is 8.76. The van der Waals surface area contributed by atoms with Crippen LogP contribution in [0.25, 0.3) is 0 Å². The van der Waals surface area contributed by atoms with Crippen LogP contribution in [-0.2, 0) is 22.7 Å². The van der Waals surface area contributed by atoms with E-state index in [1.165, 1.54) is 125 Å². The average Bonchev–Trinajstić information content (AvgIpc) is 3.24. The lowest BCUT2D eigenvalue weighted by molar-refractivity contribution is 0.116. The summed E-state index contributed by atoms with van der Waals surface area (Å²) in [6.07, 6.45) is 24.1. The minimum absolute atomic E-state index is 0.664. The molecule has 0 aliphatic heterocycles. The number of unbranched alkanes of at least 4 members (excludes halogenated alkanes) is 16. The van der Waals surface area contributed by atoms with Gasteiger partial charge in [0.25, 0.3) is 0 Å². The second-order valence-corrected chi connectivity index (χ2v) is 17.2. The molecular weight excluding hydrogens is 729 g/mol. The summed E-state index contributed by atoms with van der Waals surface area (Å²) in [6.45, 7) is 3.01. The summed E-state index contributed by atoms with van der Waals surface area (Å²) in [6, 6.07) is 35.9. The molecule has 0 fully saturated rings. The van der Waals surface area contributed by atoms with Gasteiger partial charge < -0.3 is 9.47 Å². The molecule has 0 aromatic heterocycles. The fraction of sp³-hybridized carbons (Fsp3) is 0.500. The Labute approximate surface area is 346 Å². The van der Waals surface area contributed by atoms with Crippen molar-refractivity contribution in [2.45, 2.75) is 129 Å². The van der Waals surface area contributed by atoms with Crippen molar-refractivity contribution in [2.75, 3.05) is 24.7 Å². The van der Waals surface area contributed by atoms with Gasteiger partial charge in [-0.05, 0) is 85.3 Å². The van der Waals surface area contributed by atoms with Gasteiger partial charge in [-0.15, -0.1) is 0 Å². The van der Waals surface area contributed by atoms with E-state index in [1.807, 2.05) is 84.9 Å². The zero-order valence-electron chi connectivity index (χ0n) is 33.8.